The second-order valence-corrected chi connectivity index (χ2v) is 11.0. The minimum atomic E-state index is -3.87. The highest BCUT2D eigenvalue weighted by atomic mass is 32.2. The number of sulfone groups is 1. The van der Waals surface area contributed by atoms with Crippen molar-refractivity contribution in [3.8, 4) is 0 Å². The van der Waals surface area contributed by atoms with Gasteiger partial charge in [-0.05, 0) is 43.9 Å². The van der Waals surface area contributed by atoms with E-state index >= 15 is 0 Å². The number of anilines is 1. The van der Waals surface area contributed by atoms with Gasteiger partial charge in [-0.1, -0.05) is 12.1 Å². The van der Waals surface area contributed by atoms with Gasteiger partial charge in [0.25, 0.3) is 5.91 Å². The molecule has 2 aliphatic rings. The Kier molecular flexibility index (Phi) is 8.33. The van der Waals surface area contributed by atoms with Gasteiger partial charge in [-0.2, -0.15) is 0 Å². The molecule has 0 aromatic heterocycles. The number of rotatable bonds is 10. The monoisotopic (exact) mass is 484 g/mol. The summed E-state index contributed by atoms with van der Waals surface area (Å²) in [5.74, 6) is -0.823. The zero-order valence-corrected chi connectivity index (χ0v) is 20.1. The lowest BCUT2D eigenvalue weighted by molar-refractivity contribution is -0.201. The average molecular weight is 485 g/mol. The number of hydroxylamine groups is 1. The highest BCUT2D eigenvalue weighted by Gasteiger charge is 2.48. The SMILES string of the molecule is COCCc1ccc(N2C[C@H](CC(C)(C(=O)NOC3CCCCO3)S(C)(=O)=O)OC2=O)cc1. The van der Waals surface area contributed by atoms with Crippen LogP contribution in [0.1, 0.15) is 38.2 Å². The highest BCUT2D eigenvalue weighted by Crippen LogP contribution is 2.30. The average Bonchev–Trinajstić information content (AvgIpc) is 3.15. The Labute approximate surface area is 194 Å². The van der Waals surface area contributed by atoms with Crippen molar-refractivity contribution in [2.24, 2.45) is 0 Å². The first kappa shape index (κ1) is 25.4. The van der Waals surface area contributed by atoms with Crippen LogP contribution >= 0.6 is 0 Å². The van der Waals surface area contributed by atoms with Crippen LogP contribution in [-0.2, 0) is 40.1 Å². The molecule has 2 fully saturated rings. The van der Waals surface area contributed by atoms with E-state index < -0.39 is 39.0 Å². The Morgan fingerprint density at radius 2 is 2.00 bits per heavy atom. The molecule has 11 heteroatoms. The van der Waals surface area contributed by atoms with Crippen LogP contribution in [0.25, 0.3) is 0 Å². The molecule has 0 bridgehead atoms. The number of hydrogen-bond donors (Lipinski definition) is 1. The Hall–Kier alpha value is -2.21. The molecule has 2 amide bonds. The molecular formula is C22H32N2O8S. The normalized spacial score (nSPS) is 23.1. The van der Waals surface area contributed by atoms with Crippen LogP contribution in [0.5, 0.6) is 0 Å². The molecular weight excluding hydrogens is 452 g/mol. The van der Waals surface area contributed by atoms with Gasteiger partial charge in [0.1, 0.15) is 6.10 Å². The molecule has 1 aromatic rings. The zero-order chi connectivity index (χ0) is 24.1. The Bertz CT molecular complexity index is 930. The van der Waals surface area contributed by atoms with E-state index in [9.17, 15) is 18.0 Å². The Morgan fingerprint density at radius 3 is 2.61 bits per heavy atom. The van der Waals surface area contributed by atoms with Crippen molar-refractivity contribution in [1.29, 1.82) is 0 Å². The molecule has 33 heavy (non-hydrogen) atoms. The Morgan fingerprint density at radius 1 is 1.27 bits per heavy atom. The number of nitrogens with one attached hydrogen (secondary N) is 1. The fourth-order valence-electron chi connectivity index (χ4n) is 3.78. The van der Waals surface area contributed by atoms with E-state index in [4.69, 9.17) is 19.0 Å². The van der Waals surface area contributed by atoms with E-state index in [1.54, 1.807) is 19.2 Å². The molecule has 2 aliphatic heterocycles. The number of cyclic esters (lactones) is 1. The van der Waals surface area contributed by atoms with Crippen molar-refractivity contribution >= 4 is 27.5 Å². The van der Waals surface area contributed by atoms with E-state index in [0.717, 1.165) is 31.1 Å². The maximum absolute atomic E-state index is 12.9. The summed E-state index contributed by atoms with van der Waals surface area (Å²) in [5, 5.41) is 0. The number of nitrogens with zero attached hydrogens (tertiary/aromatic N) is 1. The van der Waals surface area contributed by atoms with Gasteiger partial charge in [0, 0.05) is 38.5 Å². The lowest BCUT2D eigenvalue weighted by atomic mass is 10.0. The quantitative estimate of drug-likeness (QED) is 0.501. The van der Waals surface area contributed by atoms with Crippen LogP contribution in [0, 0.1) is 0 Å². The van der Waals surface area contributed by atoms with Crippen molar-refractivity contribution in [2.75, 3.05) is 38.0 Å². The Balaban J connectivity index is 1.65. The summed E-state index contributed by atoms with van der Waals surface area (Å²) >= 11 is 0. The molecule has 1 N–H and O–H groups in total. The van der Waals surface area contributed by atoms with Crippen LogP contribution in [0.15, 0.2) is 24.3 Å². The lowest BCUT2D eigenvalue weighted by Crippen LogP contribution is -2.53. The number of ether oxygens (including phenoxy) is 3. The van der Waals surface area contributed by atoms with Crippen LogP contribution in [0.2, 0.25) is 0 Å². The van der Waals surface area contributed by atoms with Crippen molar-refractivity contribution in [3.63, 3.8) is 0 Å². The van der Waals surface area contributed by atoms with Crippen LogP contribution in [-0.4, -0.2) is 70.7 Å². The molecule has 3 atom stereocenters. The van der Waals surface area contributed by atoms with Crippen molar-refractivity contribution in [2.45, 2.75) is 56.2 Å². The summed E-state index contributed by atoms with van der Waals surface area (Å²) in [4.78, 5) is 32.1. The standard InChI is InChI=1S/C22H32N2O8S/c1-22(33(3,27)28,20(25)23-32-19-6-4-5-12-30-19)14-18-15-24(21(26)31-18)17-9-7-16(8-10-17)11-13-29-2/h7-10,18-19H,4-6,11-15H2,1-3H3,(H,23,25)/t18-,19?,22?/m0/s1. The number of carbonyl (C=O) groups is 2. The summed E-state index contributed by atoms with van der Waals surface area (Å²) in [7, 11) is -2.24. The van der Waals surface area contributed by atoms with Crippen LogP contribution in [0.3, 0.4) is 0 Å². The maximum atomic E-state index is 12.9. The summed E-state index contributed by atoms with van der Waals surface area (Å²) in [5.41, 5.74) is 3.94. The third kappa shape index (κ3) is 6.23. The van der Waals surface area contributed by atoms with E-state index in [0.29, 0.717) is 25.3 Å². The summed E-state index contributed by atoms with van der Waals surface area (Å²) in [6.45, 7) is 2.55. The highest BCUT2D eigenvalue weighted by molar-refractivity contribution is 7.92. The van der Waals surface area contributed by atoms with Crippen molar-refractivity contribution in [3.05, 3.63) is 29.8 Å². The van der Waals surface area contributed by atoms with Crippen LogP contribution in [0.4, 0.5) is 10.5 Å². The smallest absolute Gasteiger partial charge is 0.414 e. The van der Waals surface area contributed by atoms with Gasteiger partial charge in [-0.15, -0.1) is 0 Å². The van der Waals surface area contributed by atoms with Gasteiger partial charge in [0.2, 0.25) is 0 Å². The minimum Gasteiger partial charge on any atom is -0.444 e. The molecule has 184 valence electrons. The van der Waals surface area contributed by atoms with E-state index in [-0.39, 0.29) is 13.0 Å². The van der Waals surface area contributed by atoms with Gasteiger partial charge in [0.05, 0.1) is 13.2 Å². The number of methoxy groups -OCH3 is 1. The van der Waals surface area contributed by atoms with E-state index in [2.05, 4.69) is 5.48 Å². The minimum absolute atomic E-state index is 0.126. The second-order valence-electron chi connectivity index (χ2n) is 8.58. The van der Waals surface area contributed by atoms with Gasteiger partial charge >= 0.3 is 6.09 Å². The topological polar surface area (TPSA) is 120 Å². The fourth-order valence-corrected chi connectivity index (χ4v) is 4.65. The fraction of sp³-hybridized carbons (Fsp3) is 0.636. The molecule has 0 spiro atoms. The van der Waals surface area contributed by atoms with Crippen molar-refractivity contribution in [1.82, 2.24) is 5.48 Å². The summed E-state index contributed by atoms with van der Waals surface area (Å²) < 4.78 is 39.2. The van der Waals surface area contributed by atoms with Gasteiger partial charge in [-0.25, -0.2) is 23.5 Å². The molecule has 10 nitrogen and oxygen atoms in total. The second kappa shape index (κ2) is 10.8. The molecule has 0 aliphatic carbocycles. The number of benzene rings is 1. The number of hydrogen-bond acceptors (Lipinski definition) is 8. The summed E-state index contributed by atoms with van der Waals surface area (Å²) in [6.07, 6.45) is 1.94. The third-order valence-electron chi connectivity index (χ3n) is 6.05. The maximum Gasteiger partial charge on any atom is 0.414 e. The molecule has 0 radical (unpaired) electrons. The third-order valence-corrected chi connectivity index (χ3v) is 8.04. The molecule has 3 rings (SSSR count). The first-order valence-electron chi connectivity index (χ1n) is 11.0. The van der Waals surface area contributed by atoms with Crippen LogP contribution < -0.4 is 10.4 Å². The predicted molar refractivity (Wildman–Crippen MR) is 120 cm³/mol. The molecule has 2 unspecified atom stereocenters. The largest absolute Gasteiger partial charge is 0.444 e. The first-order chi connectivity index (χ1) is 15.6. The van der Waals surface area contributed by atoms with Crippen molar-refractivity contribution < 1.29 is 37.1 Å². The van der Waals surface area contributed by atoms with Gasteiger partial charge in [-0.3, -0.25) is 9.69 Å². The number of carbonyl (C=O) groups excluding carboxylic acids is 2. The molecule has 2 saturated heterocycles. The number of amides is 2. The van der Waals surface area contributed by atoms with Gasteiger partial charge < -0.3 is 14.2 Å². The molecule has 0 saturated carbocycles. The van der Waals surface area contributed by atoms with E-state index in [1.807, 2.05) is 12.1 Å². The molecule has 2 heterocycles. The lowest BCUT2D eigenvalue weighted by Gasteiger charge is -2.29. The zero-order valence-electron chi connectivity index (χ0n) is 19.2. The first-order valence-corrected chi connectivity index (χ1v) is 12.9. The van der Waals surface area contributed by atoms with E-state index in [1.165, 1.54) is 11.8 Å². The molecule has 1 aromatic carbocycles. The van der Waals surface area contributed by atoms with Gasteiger partial charge in [0.15, 0.2) is 20.9 Å². The summed E-state index contributed by atoms with van der Waals surface area (Å²) in [6, 6.07) is 7.39. The predicted octanol–water partition coefficient (Wildman–Crippen LogP) is 1.97.